The lowest BCUT2D eigenvalue weighted by atomic mass is 10.0. The molecule has 0 bridgehead atoms. The van der Waals surface area contributed by atoms with Crippen molar-refractivity contribution in [3.05, 3.63) is 23.4 Å². The standard InChI is InChI=1S/C13H13F3N4/c14-13(15,16)11-2-1-8(3-17)12(19-11)20-6-9-4-18-5-10(9)7-20/h1-2,9-10,18H,4-7H2. The summed E-state index contributed by atoms with van der Waals surface area (Å²) in [7, 11) is 0. The lowest BCUT2D eigenvalue weighted by molar-refractivity contribution is -0.141. The zero-order valence-electron chi connectivity index (χ0n) is 10.6. The zero-order chi connectivity index (χ0) is 14.3. The van der Waals surface area contributed by atoms with Crippen molar-refractivity contribution in [1.82, 2.24) is 10.3 Å². The highest BCUT2D eigenvalue weighted by atomic mass is 19.4. The summed E-state index contributed by atoms with van der Waals surface area (Å²) < 4.78 is 38.2. The Morgan fingerprint density at radius 1 is 1.25 bits per heavy atom. The Morgan fingerprint density at radius 2 is 1.90 bits per heavy atom. The van der Waals surface area contributed by atoms with Crippen LogP contribution in [-0.2, 0) is 6.18 Å². The Labute approximate surface area is 114 Å². The van der Waals surface area contributed by atoms with E-state index in [0.29, 0.717) is 24.9 Å². The van der Waals surface area contributed by atoms with E-state index in [-0.39, 0.29) is 11.4 Å². The van der Waals surface area contributed by atoms with Gasteiger partial charge in [-0.2, -0.15) is 18.4 Å². The molecule has 7 heteroatoms. The molecule has 1 aromatic heterocycles. The summed E-state index contributed by atoms with van der Waals surface area (Å²) >= 11 is 0. The van der Waals surface area contributed by atoms with E-state index < -0.39 is 11.9 Å². The molecule has 2 saturated heterocycles. The number of anilines is 1. The van der Waals surface area contributed by atoms with Gasteiger partial charge in [-0.1, -0.05) is 0 Å². The smallest absolute Gasteiger partial charge is 0.355 e. The van der Waals surface area contributed by atoms with Crippen LogP contribution in [0.3, 0.4) is 0 Å². The van der Waals surface area contributed by atoms with Crippen LogP contribution in [0.25, 0.3) is 0 Å². The summed E-state index contributed by atoms with van der Waals surface area (Å²) in [5.74, 6) is 1.02. The lowest BCUT2D eigenvalue weighted by Gasteiger charge is -2.20. The Balaban J connectivity index is 1.94. The zero-order valence-corrected chi connectivity index (χ0v) is 10.6. The van der Waals surface area contributed by atoms with Gasteiger partial charge in [-0.15, -0.1) is 0 Å². The number of fused-ring (bicyclic) bond motifs is 1. The number of aromatic nitrogens is 1. The summed E-state index contributed by atoms with van der Waals surface area (Å²) in [6.45, 7) is 3.06. The molecule has 0 aliphatic carbocycles. The first kappa shape index (κ1) is 13.2. The Hall–Kier alpha value is -1.81. The summed E-state index contributed by atoms with van der Waals surface area (Å²) in [5.41, 5.74) is -0.743. The molecule has 0 radical (unpaired) electrons. The fourth-order valence-corrected chi connectivity index (χ4v) is 2.96. The number of hydrogen-bond acceptors (Lipinski definition) is 4. The van der Waals surface area contributed by atoms with Gasteiger partial charge in [-0.05, 0) is 24.0 Å². The van der Waals surface area contributed by atoms with Crippen molar-refractivity contribution in [2.45, 2.75) is 6.18 Å². The van der Waals surface area contributed by atoms with E-state index in [9.17, 15) is 13.2 Å². The van der Waals surface area contributed by atoms with Gasteiger partial charge < -0.3 is 10.2 Å². The molecule has 0 saturated carbocycles. The van der Waals surface area contributed by atoms with Crippen molar-refractivity contribution in [1.29, 1.82) is 5.26 Å². The number of halogens is 3. The van der Waals surface area contributed by atoms with E-state index in [1.165, 1.54) is 6.07 Å². The van der Waals surface area contributed by atoms with Crippen LogP contribution < -0.4 is 10.2 Å². The SMILES string of the molecule is N#Cc1ccc(C(F)(F)F)nc1N1CC2CNCC2C1. The highest BCUT2D eigenvalue weighted by molar-refractivity contribution is 5.55. The predicted molar refractivity (Wildman–Crippen MR) is 66.0 cm³/mol. The summed E-state index contributed by atoms with van der Waals surface area (Å²) in [4.78, 5) is 5.49. The second kappa shape index (κ2) is 4.63. The fraction of sp³-hybridized carbons (Fsp3) is 0.538. The van der Waals surface area contributed by atoms with E-state index in [0.717, 1.165) is 19.2 Å². The fourth-order valence-electron chi connectivity index (χ4n) is 2.96. The second-order valence-corrected chi connectivity index (χ2v) is 5.26. The molecule has 20 heavy (non-hydrogen) atoms. The maximum atomic E-state index is 12.7. The minimum Gasteiger partial charge on any atom is -0.355 e. The maximum absolute atomic E-state index is 12.7. The van der Waals surface area contributed by atoms with E-state index in [1.807, 2.05) is 11.0 Å². The third kappa shape index (κ3) is 2.20. The highest BCUT2D eigenvalue weighted by Gasteiger charge is 2.39. The van der Waals surface area contributed by atoms with Gasteiger partial charge in [0.15, 0.2) is 0 Å². The normalized spacial score (nSPS) is 25.6. The highest BCUT2D eigenvalue weighted by Crippen LogP contribution is 2.34. The van der Waals surface area contributed by atoms with Crippen LogP contribution in [0, 0.1) is 23.2 Å². The lowest BCUT2D eigenvalue weighted by Crippen LogP contribution is -2.27. The van der Waals surface area contributed by atoms with Crippen molar-refractivity contribution in [3.8, 4) is 6.07 Å². The molecule has 3 heterocycles. The van der Waals surface area contributed by atoms with Gasteiger partial charge in [0, 0.05) is 26.2 Å². The monoisotopic (exact) mass is 282 g/mol. The van der Waals surface area contributed by atoms with E-state index in [1.54, 1.807) is 0 Å². The minimum atomic E-state index is -4.49. The van der Waals surface area contributed by atoms with E-state index >= 15 is 0 Å². The van der Waals surface area contributed by atoms with Crippen molar-refractivity contribution in [3.63, 3.8) is 0 Å². The van der Waals surface area contributed by atoms with Gasteiger partial charge in [0.25, 0.3) is 0 Å². The first-order chi connectivity index (χ1) is 9.49. The van der Waals surface area contributed by atoms with Gasteiger partial charge in [0.05, 0.1) is 5.56 Å². The number of nitriles is 1. The Kier molecular flexibility index (Phi) is 3.05. The van der Waals surface area contributed by atoms with Gasteiger partial charge in [0.2, 0.25) is 0 Å². The maximum Gasteiger partial charge on any atom is 0.433 e. The number of nitrogens with one attached hydrogen (secondary N) is 1. The van der Waals surface area contributed by atoms with Crippen molar-refractivity contribution in [2.24, 2.45) is 11.8 Å². The molecular weight excluding hydrogens is 269 g/mol. The first-order valence-electron chi connectivity index (χ1n) is 6.43. The molecule has 2 fully saturated rings. The molecule has 0 spiro atoms. The van der Waals surface area contributed by atoms with Crippen LogP contribution in [0.15, 0.2) is 12.1 Å². The molecule has 2 unspecified atom stereocenters. The van der Waals surface area contributed by atoms with Gasteiger partial charge in [-0.25, -0.2) is 4.98 Å². The number of hydrogen-bond donors (Lipinski definition) is 1. The van der Waals surface area contributed by atoms with Crippen LogP contribution in [0.5, 0.6) is 0 Å². The van der Waals surface area contributed by atoms with E-state index in [2.05, 4.69) is 10.3 Å². The molecule has 0 aromatic carbocycles. The van der Waals surface area contributed by atoms with Gasteiger partial charge in [-0.3, -0.25) is 0 Å². The predicted octanol–water partition coefficient (Wildman–Crippen LogP) is 1.63. The van der Waals surface area contributed by atoms with Gasteiger partial charge in [0.1, 0.15) is 17.6 Å². The van der Waals surface area contributed by atoms with Crippen LogP contribution >= 0.6 is 0 Å². The number of nitrogens with zero attached hydrogens (tertiary/aromatic N) is 3. The van der Waals surface area contributed by atoms with Crippen LogP contribution in [-0.4, -0.2) is 31.2 Å². The molecule has 1 N–H and O–H groups in total. The average molecular weight is 282 g/mol. The average Bonchev–Trinajstić information content (AvgIpc) is 2.97. The number of alkyl halides is 3. The van der Waals surface area contributed by atoms with Crippen molar-refractivity contribution < 1.29 is 13.2 Å². The molecule has 0 amide bonds. The second-order valence-electron chi connectivity index (χ2n) is 5.26. The number of rotatable bonds is 1. The summed E-state index contributed by atoms with van der Waals surface area (Å²) in [6, 6.07) is 4.00. The van der Waals surface area contributed by atoms with Crippen LogP contribution in [0.2, 0.25) is 0 Å². The Morgan fingerprint density at radius 3 is 2.45 bits per heavy atom. The number of pyridine rings is 1. The molecular formula is C13H13F3N4. The topological polar surface area (TPSA) is 52.0 Å². The molecule has 2 aliphatic rings. The third-order valence-electron chi connectivity index (χ3n) is 3.98. The molecule has 2 aliphatic heterocycles. The summed E-state index contributed by atoms with van der Waals surface area (Å²) in [6.07, 6.45) is -4.49. The van der Waals surface area contributed by atoms with E-state index in [4.69, 9.17) is 5.26 Å². The largest absolute Gasteiger partial charge is 0.433 e. The van der Waals surface area contributed by atoms with Crippen molar-refractivity contribution in [2.75, 3.05) is 31.1 Å². The van der Waals surface area contributed by atoms with Crippen LogP contribution in [0.1, 0.15) is 11.3 Å². The molecule has 1 aromatic rings. The molecule has 4 nitrogen and oxygen atoms in total. The van der Waals surface area contributed by atoms with Crippen LogP contribution in [0.4, 0.5) is 19.0 Å². The molecule has 3 rings (SSSR count). The quantitative estimate of drug-likeness (QED) is 0.850. The first-order valence-corrected chi connectivity index (χ1v) is 6.43. The Bertz CT molecular complexity index is 552. The third-order valence-corrected chi connectivity index (χ3v) is 3.98. The summed E-state index contributed by atoms with van der Waals surface area (Å²) in [5, 5.41) is 12.3. The minimum absolute atomic E-state index is 0.164. The molecule has 2 atom stereocenters. The molecule has 106 valence electrons. The van der Waals surface area contributed by atoms with Crippen molar-refractivity contribution >= 4 is 5.82 Å². The van der Waals surface area contributed by atoms with Gasteiger partial charge >= 0.3 is 6.18 Å².